The number of benzene rings is 3. The Bertz CT molecular complexity index is 1470. The van der Waals surface area contributed by atoms with Gasteiger partial charge in [0.1, 0.15) is 5.82 Å². The van der Waals surface area contributed by atoms with Crippen LogP contribution in [0.4, 0.5) is 0 Å². The Kier molecular flexibility index (Phi) is 9.31. The van der Waals surface area contributed by atoms with Crippen molar-refractivity contribution in [3.63, 3.8) is 0 Å². The van der Waals surface area contributed by atoms with Crippen LogP contribution in [0.3, 0.4) is 0 Å². The Morgan fingerprint density at radius 1 is 0.949 bits per heavy atom. The zero-order chi connectivity index (χ0) is 27.9. The summed E-state index contributed by atoms with van der Waals surface area (Å²) in [5, 5.41) is 0.555. The Labute approximate surface area is 231 Å². The second-order valence-corrected chi connectivity index (χ2v) is 10.6. The molecule has 0 aliphatic rings. The van der Waals surface area contributed by atoms with Crippen molar-refractivity contribution in [3.8, 4) is 5.69 Å². The fraction of sp³-hybridized carbons (Fsp3) is 0.364. The van der Waals surface area contributed by atoms with E-state index in [0.29, 0.717) is 35.4 Å². The van der Waals surface area contributed by atoms with Gasteiger partial charge in [-0.3, -0.25) is 14.2 Å². The highest BCUT2D eigenvalue weighted by Crippen LogP contribution is 2.25. The number of aryl methyl sites for hydroxylation is 2. The number of aromatic nitrogens is 2. The van der Waals surface area contributed by atoms with Gasteiger partial charge >= 0.3 is 0 Å². The molecule has 1 amide bonds. The third-order valence-corrected chi connectivity index (χ3v) is 7.22. The van der Waals surface area contributed by atoms with E-state index >= 15 is 0 Å². The van der Waals surface area contributed by atoms with Crippen molar-refractivity contribution < 1.29 is 4.79 Å². The van der Waals surface area contributed by atoms with E-state index in [0.717, 1.165) is 24.1 Å². The minimum Gasteiger partial charge on any atom is -0.327 e. The Morgan fingerprint density at radius 3 is 2.38 bits per heavy atom. The maximum absolute atomic E-state index is 14.0. The number of hydrogen-bond donors (Lipinski definition) is 0. The first-order chi connectivity index (χ1) is 18.8. The lowest BCUT2D eigenvalue weighted by molar-refractivity contribution is 0.0667. The molecule has 6 nitrogen and oxygen atoms in total. The molecule has 4 aromatic rings. The van der Waals surface area contributed by atoms with Crippen LogP contribution in [0.5, 0.6) is 0 Å². The smallest absolute Gasteiger partial charge is 0.266 e. The molecule has 0 spiro atoms. The third-order valence-electron chi connectivity index (χ3n) is 7.22. The predicted octanol–water partition coefficient (Wildman–Crippen LogP) is 6.19. The van der Waals surface area contributed by atoms with Crippen molar-refractivity contribution in [1.29, 1.82) is 0 Å². The lowest BCUT2D eigenvalue weighted by atomic mass is 10.0. The summed E-state index contributed by atoms with van der Waals surface area (Å²) in [4.78, 5) is 36.7. The number of unbranched alkanes of at least 4 members (excludes halogenated alkanes) is 2. The van der Waals surface area contributed by atoms with Crippen LogP contribution in [-0.4, -0.2) is 52.4 Å². The molecule has 0 saturated heterocycles. The molecule has 39 heavy (non-hydrogen) atoms. The summed E-state index contributed by atoms with van der Waals surface area (Å²) in [6, 6.07) is 22.8. The number of rotatable bonds is 11. The lowest BCUT2D eigenvalue weighted by Gasteiger charge is -2.31. The maximum Gasteiger partial charge on any atom is 0.266 e. The summed E-state index contributed by atoms with van der Waals surface area (Å²) < 4.78 is 1.67. The number of carbonyl (C=O) groups excluding carboxylic acids is 1. The minimum absolute atomic E-state index is 0.0670. The summed E-state index contributed by atoms with van der Waals surface area (Å²) >= 11 is 0. The van der Waals surface area contributed by atoms with Crippen LogP contribution in [0.25, 0.3) is 16.6 Å². The number of likely N-dealkylation sites (N-methyl/N-ethyl adjacent to an activating group) is 1. The van der Waals surface area contributed by atoms with Gasteiger partial charge in [-0.05, 0) is 88.3 Å². The van der Waals surface area contributed by atoms with Crippen LogP contribution in [0.1, 0.15) is 66.5 Å². The highest BCUT2D eigenvalue weighted by atomic mass is 16.2. The number of carbonyl (C=O) groups is 1. The largest absolute Gasteiger partial charge is 0.327 e. The maximum atomic E-state index is 14.0. The second kappa shape index (κ2) is 12.9. The van der Waals surface area contributed by atoms with Gasteiger partial charge in [0.15, 0.2) is 0 Å². The average molecular weight is 525 g/mol. The van der Waals surface area contributed by atoms with Gasteiger partial charge < -0.3 is 9.80 Å². The molecule has 3 aromatic carbocycles. The van der Waals surface area contributed by atoms with Crippen LogP contribution in [-0.2, 0) is 6.42 Å². The lowest BCUT2D eigenvalue weighted by Crippen LogP contribution is -2.41. The molecule has 1 unspecified atom stereocenters. The number of fused-ring (bicyclic) bond motifs is 1. The van der Waals surface area contributed by atoms with Crippen LogP contribution in [0.2, 0.25) is 0 Å². The van der Waals surface area contributed by atoms with Gasteiger partial charge in [0.05, 0.1) is 22.6 Å². The molecular formula is C33H40N4O2. The number of para-hydroxylation sites is 1. The first-order valence-electron chi connectivity index (χ1n) is 13.9. The third kappa shape index (κ3) is 6.63. The van der Waals surface area contributed by atoms with Crippen LogP contribution < -0.4 is 5.56 Å². The quantitative estimate of drug-likeness (QED) is 0.220. The van der Waals surface area contributed by atoms with Crippen LogP contribution >= 0.6 is 0 Å². The van der Waals surface area contributed by atoms with E-state index in [4.69, 9.17) is 4.98 Å². The molecule has 0 aliphatic heterocycles. The fourth-order valence-corrected chi connectivity index (χ4v) is 4.92. The van der Waals surface area contributed by atoms with E-state index in [2.05, 4.69) is 24.0 Å². The monoisotopic (exact) mass is 524 g/mol. The van der Waals surface area contributed by atoms with Crippen LogP contribution in [0.15, 0.2) is 77.6 Å². The standard InChI is InChI=1S/C33H40N4O2/c1-6-7-8-13-26-17-19-27(20-18-26)32(38)36(22-21-35(4)5)25(3)31-34-30-16-10-9-15-29(30)33(39)37(31)28-14-11-12-24(2)23-28/h9-12,14-20,23,25H,6-8,13,21-22H2,1-5H3. The van der Waals surface area contributed by atoms with Crippen LogP contribution in [0, 0.1) is 6.92 Å². The van der Waals surface area contributed by atoms with E-state index in [1.165, 1.54) is 18.4 Å². The van der Waals surface area contributed by atoms with Gasteiger partial charge in [-0.15, -0.1) is 0 Å². The first kappa shape index (κ1) is 28.2. The van der Waals surface area contributed by atoms with Crippen molar-refractivity contribution in [2.45, 2.75) is 52.5 Å². The second-order valence-electron chi connectivity index (χ2n) is 10.6. The molecule has 0 radical (unpaired) electrons. The number of amides is 1. The summed E-state index contributed by atoms with van der Waals surface area (Å²) in [7, 11) is 3.99. The molecule has 6 heteroatoms. The normalized spacial score (nSPS) is 12.2. The summed E-state index contributed by atoms with van der Waals surface area (Å²) in [6.07, 6.45) is 4.57. The van der Waals surface area contributed by atoms with Gasteiger partial charge in [0.2, 0.25) is 0 Å². The SMILES string of the molecule is CCCCCc1ccc(C(=O)N(CCN(C)C)C(C)c2nc3ccccc3c(=O)n2-c2cccc(C)c2)cc1. The molecular weight excluding hydrogens is 484 g/mol. The Hall–Kier alpha value is -3.77. The van der Waals surface area contributed by atoms with Crippen molar-refractivity contribution >= 4 is 16.8 Å². The molecule has 204 valence electrons. The van der Waals surface area contributed by atoms with E-state index in [9.17, 15) is 9.59 Å². The van der Waals surface area contributed by atoms with Gasteiger partial charge in [0.25, 0.3) is 11.5 Å². The van der Waals surface area contributed by atoms with E-state index in [1.54, 1.807) is 4.57 Å². The molecule has 0 bridgehead atoms. The number of hydrogen-bond acceptors (Lipinski definition) is 4. The topological polar surface area (TPSA) is 58.4 Å². The first-order valence-corrected chi connectivity index (χ1v) is 13.9. The van der Waals surface area contributed by atoms with E-state index in [1.807, 2.05) is 93.5 Å². The zero-order valence-corrected chi connectivity index (χ0v) is 23.9. The Morgan fingerprint density at radius 2 is 1.69 bits per heavy atom. The Balaban J connectivity index is 1.78. The summed E-state index contributed by atoms with van der Waals surface area (Å²) in [6.45, 7) is 7.36. The van der Waals surface area contributed by atoms with Gasteiger partial charge in [0, 0.05) is 18.7 Å². The van der Waals surface area contributed by atoms with Gasteiger partial charge in [-0.25, -0.2) is 4.98 Å². The van der Waals surface area contributed by atoms with Gasteiger partial charge in [-0.1, -0.05) is 56.2 Å². The fourth-order valence-electron chi connectivity index (χ4n) is 4.92. The summed E-state index contributed by atoms with van der Waals surface area (Å²) in [5.74, 6) is 0.482. The molecule has 0 N–H and O–H groups in total. The highest BCUT2D eigenvalue weighted by Gasteiger charge is 2.27. The summed E-state index contributed by atoms with van der Waals surface area (Å²) in [5.41, 5.74) is 4.18. The van der Waals surface area contributed by atoms with E-state index in [-0.39, 0.29) is 11.5 Å². The number of nitrogens with zero attached hydrogens (tertiary/aromatic N) is 4. The molecule has 0 saturated carbocycles. The molecule has 0 fully saturated rings. The average Bonchev–Trinajstić information content (AvgIpc) is 2.93. The predicted molar refractivity (Wildman–Crippen MR) is 160 cm³/mol. The molecule has 4 rings (SSSR count). The van der Waals surface area contributed by atoms with Crippen molar-refractivity contribution in [2.75, 3.05) is 27.2 Å². The van der Waals surface area contributed by atoms with Crippen molar-refractivity contribution in [1.82, 2.24) is 19.4 Å². The molecule has 0 aliphatic carbocycles. The molecule has 1 heterocycles. The van der Waals surface area contributed by atoms with Crippen molar-refractivity contribution in [2.24, 2.45) is 0 Å². The molecule has 1 aromatic heterocycles. The highest BCUT2D eigenvalue weighted by molar-refractivity contribution is 5.94. The minimum atomic E-state index is -0.445. The molecule has 1 atom stereocenters. The van der Waals surface area contributed by atoms with E-state index < -0.39 is 6.04 Å². The van der Waals surface area contributed by atoms with Crippen molar-refractivity contribution in [3.05, 3.63) is 106 Å². The zero-order valence-electron chi connectivity index (χ0n) is 23.9. The van der Waals surface area contributed by atoms with Gasteiger partial charge in [-0.2, -0.15) is 0 Å².